The maximum Gasteiger partial charge on any atom is 0.152 e. The molecule has 1 atom stereocenters. The molecule has 1 fully saturated rings. The topological polar surface area (TPSA) is 42.4 Å². The monoisotopic (exact) mass is 234 g/mol. The third-order valence-corrected chi connectivity index (χ3v) is 3.01. The number of rotatable bonds is 5. The molecule has 1 aliphatic heterocycles. The molecule has 2 heterocycles. The zero-order chi connectivity index (χ0) is 12.1. The Bertz CT molecular complexity index is 361. The van der Waals surface area contributed by atoms with Crippen molar-refractivity contribution in [3.8, 4) is 0 Å². The first-order valence-electron chi connectivity index (χ1n) is 5.93. The van der Waals surface area contributed by atoms with Crippen molar-refractivity contribution in [3.05, 3.63) is 30.1 Å². The summed E-state index contributed by atoms with van der Waals surface area (Å²) in [7, 11) is 1.97. The first-order chi connectivity index (χ1) is 8.25. The highest BCUT2D eigenvalue weighted by molar-refractivity contribution is 5.83. The zero-order valence-corrected chi connectivity index (χ0v) is 10.1. The van der Waals surface area contributed by atoms with Gasteiger partial charge >= 0.3 is 0 Å². The fourth-order valence-electron chi connectivity index (χ4n) is 2.04. The fraction of sp³-hybridized carbons (Fsp3) is 0.538. The Kier molecular flexibility index (Phi) is 4.23. The third kappa shape index (κ3) is 3.61. The number of nitrogens with zero attached hydrogens (tertiary/aromatic N) is 2. The Morgan fingerprint density at radius 2 is 2.29 bits per heavy atom. The van der Waals surface area contributed by atoms with Crippen LogP contribution in [0.25, 0.3) is 0 Å². The lowest BCUT2D eigenvalue weighted by atomic mass is 10.0. The lowest BCUT2D eigenvalue weighted by molar-refractivity contribution is -0.123. The SMILES string of the molecule is CN(CC(=O)C1CCOC1)Cc1ccncc1. The van der Waals surface area contributed by atoms with Crippen LogP contribution in [0, 0.1) is 5.92 Å². The Labute approximate surface area is 102 Å². The minimum atomic E-state index is 0.106. The van der Waals surface area contributed by atoms with Gasteiger partial charge < -0.3 is 4.74 Å². The van der Waals surface area contributed by atoms with Gasteiger partial charge in [0.05, 0.1) is 13.2 Å². The van der Waals surface area contributed by atoms with E-state index < -0.39 is 0 Å². The van der Waals surface area contributed by atoms with E-state index in [0.717, 1.165) is 19.6 Å². The number of likely N-dealkylation sites (N-methyl/N-ethyl adjacent to an activating group) is 1. The summed E-state index contributed by atoms with van der Waals surface area (Å²) in [6.45, 7) is 2.60. The van der Waals surface area contributed by atoms with Crippen molar-refractivity contribution in [3.63, 3.8) is 0 Å². The normalized spacial score (nSPS) is 19.8. The van der Waals surface area contributed by atoms with E-state index in [9.17, 15) is 4.79 Å². The summed E-state index contributed by atoms with van der Waals surface area (Å²) in [6, 6.07) is 3.94. The van der Waals surface area contributed by atoms with E-state index in [2.05, 4.69) is 4.98 Å². The highest BCUT2D eigenvalue weighted by atomic mass is 16.5. The Morgan fingerprint density at radius 3 is 2.94 bits per heavy atom. The number of pyridine rings is 1. The molecule has 1 saturated heterocycles. The number of ketones is 1. The molecule has 4 nitrogen and oxygen atoms in total. The molecule has 1 aliphatic rings. The number of carbonyl (C=O) groups is 1. The van der Waals surface area contributed by atoms with Gasteiger partial charge in [0.1, 0.15) is 0 Å². The predicted octanol–water partition coefficient (Wildman–Crippen LogP) is 1.12. The molecule has 0 radical (unpaired) electrons. The van der Waals surface area contributed by atoms with Crippen LogP contribution in [0.4, 0.5) is 0 Å². The first kappa shape index (κ1) is 12.2. The second-order valence-electron chi connectivity index (χ2n) is 4.55. The largest absolute Gasteiger partial charge is 0.381 e. The Morgan fingerprint density at radius 1 is 1.53 bits per heavy atom. The molecule has 92 valence electrons. The molecule has 0 spiro atoms. The summed E-state index contributed by atoms with van der Waals surface area (Å²) >= 11 is 0. The summed E-state index contributed by atoms with van der Waals surface area (Å²) in [5.41, 5.74) is 1.18. The smallest absolute Gasteiger partial charge is 0.152 e. The maximum absolute atomic E-state index is 11.9. The van der Waals surface area contributed by atoms with Crippen LogP contribution < -0.4 is 0 Å². The van der Waals surface area contributed by atoms with Gasteiger partial charge in [-0.25, -0.2) is 0 Å². The van der Waals surface area contributed by atoms with Crippen molar-refractivity contribution < 1.29 is 9.53 Å². The Balaban J connectivity index is 1.80. The standard InChI is InChI=1S/C13H18N2O2/c1-15(8-11-2-5-14-6-3-11)9-13(16)12-4-7-17-10-12/h2-3,5-6,12H,4,7-10H2,1H3. The predicted molar refractivity (Wildman–Crippen MR) is 64.5 cm³/mol. The number of ether oxygens (including phenoxy) is 1. The first-order valence-corrected chi connectivity index (χ1v) is 5.93. The molecule has 0 amide bonds. The van der Waals surface area contributed by atoms with Crippen molar-refractivity contribution >= 4 is 5.78 Å². The van der Waals surface area contributed by atoms with E-state index in [4.69, 9.17) is 4.74 Å². The fourth-order valence-corrected chi connectivity index (χ4v) is 2.04. The molecule has 0 N–H and O–H groups in total. The van der Waals surface area contributed by atoms with Crippen LogP contribution in [0.15, 0.2) is 24.5 Å². The van der Waals surface area contributed by atoms with Crippen molar-refractivity contribution in [2.45, 2.75) is 13.0 Å². The summed E-state index contributed by atoms with van der Waals surface area (Å²) in [5.74, 6) is 0.397. The van der Waals surface area contributed by atoms with Gasteiger partial charge in [0.2, 0.25) is 0 Å². The second-order valence-corrected chi connectivity index (χ2v) is 4.55. The highest BCUT2D eigenvalue weighted by Crippen LogP contribution is 2.14. The lowest BCUT2D eigenvalue weighted by Gasteiger charge is -2.17. The summed E-state index contributed by atoms with van der Waals surface area (Å²) in [5, 5.41) is 0. The molecular formula is C13H18N2O2. The van der Waals surface area contributed by atoms with Crippen molar-refractivity contribution in [2.24, 2.45) is 5.92 Å². The molecule has 0 aliphatic carbocycles. The quantitative estimate of drug-likeness (QED) is 0.765. The number of aromatic nitrogens is 1. The van der Waals surface area contributed by atoms with Crippen LogP contribution in [0.5, 0.6) is 0 Å². The van der Waals surface area contributed by atoms with Gasteiger partial charge in [0.15, 0.2) is 5.78 Å². The summed E-state index contributed by atoms with van der Waals surface area (Å²) in [4.78, 5) is 17.9. The molecule has 4 heteroatoms. The number of hydrogen-bond acceptors (Lipinski definition) is 4. The van der Waals surface area contributed by atoms with E-state index in [1.807, 2.05) is 24.1 Å². The molecule has 0 aromatic carbocycles. The summed E-state index contributed by atoms with van der Waals surface area (Å²) in [6.07, 6.45) is 4.42. The third-order valence-electron chi connectivity index (χ3n) is 3.01. The van der Waals surface area contributed by atoms with Crippen molar-refractivity contribution in [1.29, 1.82) is 0 Å². The maximum atomic E-state index is 11.9. The van der Waals surface area contributed by atoms with E-state index >= 15 is 0 Å². The highest BCUT2D eigenvalue weighted by Gasteiger charge is 2.23. The van der Waals surface area contributed by atoms with E-state index in [1.165, 1.54) is 5.56 Å². The van der Waals surface area contributed by atoms with E-state index in [0.29, 0.717) is 18.9 Å². The van der Waals surface area contributed by atoms with Gasteiger partial charge in [-0.1, -0.05) is 0 Å². The molecule has 2 rings (SSSR count). The number of carbonyl (C=O) groups excluding carboxylic acids is 1. The van der Waals surface area contributed by atoms with Gasteiger partial charge in [0, 0.05) is 31.5 Å². The van der Waals surface area contributed by atoms with Crippen molar-refractivity contribution in [1.82, 2.24) is 9.88 Å². The van der Waals surface area contributed by atoms with Crippen LogP contribution >= 0.6 is 0 Å². The van der Waals surface area contributed by atoms with Crippen LogP contribution in [0.3, 0.4) is 0 Å². The molecule has 1 aromatic rings. The van der Waals surface area contributed by atoms with Crippen LogP contribution in [-0.4, -0.2) is 42.5 Å². The lowest BCUT2D eigenvalue weighted by Crippen LogP contribution is -2.30. The van der Waals surface area contributed by atoms with E-state index in [-0.39, 0.29) is 5.92 Å². The average Bonchev–Trinajstić information content (AvgIpc) is 2.83. The molecule has 1 unspecified atom stereocenters. The molecule has 17 heavy (non-hydrogen) atoms. The average molecular weight is 234 g/mol. The number of Topliss-reactive ketones (excluding diaryl/α,β-unsaturated/α-hetero) is 1. The molecular weight excluding hydrogens is 216 g/mol. The Hall–Kier alpha value is -1.26. The van der Waals surface area contributed by atoms with Gasteiger partial charge in [-0.2, -0.15) is 0 Å². The van der Waals surface area contributed by atoms with E-state index in [1.54, 1.807) is 12.4 Å². The van der Waals surface area contributed by atoms with Gasteiger partial charge in [0.25, 0.3) is 0 Å². The number of hydrogen-bond donors (Lipinski definition) is 0. The van der Waals surface area contributed by atoms with Gasteiger partial charge in [-0.05, 0) is 31.2 Å². The van der Waals surface area contributed by atoms with Crippen LogP contribution in [0.2, 0.25) is 0 Å². The summed E-state index contributed by atoms with van der Waals surface area (Å²) < 4.78 is 5.23. The van der Waals surface area contributed by atoms with Gasteiger partial charge in [-0.3, -0.25) is 14.7 Å². The minimum Gasteiger partial charge on any atom is -0.381 e. The minimum absolute atomic E-state index is 0.106. The zero-order valence-electron chi connectivity index (χ0n) is 10.1. The molecule has 1 aromatic heterocycles. The second kappa shape index (κ2) is 5.89. The molecule has 0 saturated carbocycles. The van der Waals surface area contributed by atoms with Gasteiger partial charge in [-0.15, -0.1) is 0 Å². The van der Waals surface area contributed by atoms with Crippen LogP contribution in [-0.2, 0) is 16.1 Å². The molecule has 0 bridgehead atoms. The van der Waals surface area contributed by atoms with Crippen molar-refractivity contribution in [2.75, 3.05) is 26.8 Å². The van der Waals surface area contributed by atoms with Crippen LogP contribution in [0.1, 0.15) is 12.0 Å².